The summed E-state index contributed by atoms with van der Waals surface area (Å²) in [4.78, 5) is 0. The fourth-order valence-corrected chi connectivity index (χ4v) is 4.53. The largest absolute Gasteiger partial charge is 0.314 e. The highest BCUT2D eigenvalue weighted by Gasteiger charge is 2.25. The summed E-state index contributed by atoms with van der Waals surface area (Å²) in [5, 5.41) is 4.70. The molecule has 16 heavy (non-hydrogen) atoms. The van der Waals surface area contributed by atoms with Gasteiger partial charge >= 0.3 is 0 Å². The molecule has 0 aromatic carbocycles. The maximum absolute atomic E-state index is 12.1. The molecule has 5 heteroatoms. The lowest BCUT2D eigenvalue weighted by molar-refractivity contribution is 0.510. The molecule has 0 bridgehead atoms. The van der Waals surface area contributed by atoms with Gasteiger partial charge in [0.05, 0.1) is 5.25 Å². The van der Waals surface area contributed by atoms with E-state index in [1.807, 2.05) is 13.8 Å². The SMILES string of the molecule is CCNC(C)CC(C)S(=O)(=O)c1cccs1. The summed E-state index contributed by atoms with van der Waals surface area (Å²) < 4.78 is 24.7. The van der Waals surface area contributed by atoms with Gasteiger partial charge in [-0.3, -0.25) is 0 Å². The van der Waals surface area contributed by atoms with Crippen LogP contribution in [0.25, 0.3) is 0 Å². The van der Waals surface area contributed by atoms with Crippen LogP contribution >= 0.6 is 11.3 Å². The van der Waals surface area contributed by atoms with Crippen LogP contribution in [-0.4, -0.2) is 26.3 Å². The summed E-state index contributed by atoms with van der Waals surface area (Å²) in [7, 11) is -3.13. The highest BCUT2D eigenvalue weighted by Crippen LogP contribution is 2.23. The second-order valence-corrected chi connectivity index (χ2v) is 7.52. The Balaban J connectivity index is 2.70. The molecule has 0 aliphatic rings. The molecule has 1 N–H and O–H groups in total. The lowest BCUT2D eigenvalue weighted by atomic mass is 10.2. The topological polar surface area (TPSA) is 46.2 Å². The van der Waals surface area contributed by atoms with Crippen LogP contribution in [0.3, 0.4) is 0 Å². The first kappa shape index (κ1) is 13.7. The summed E-state index contributed by atoms with van der Waals surface area (Å²) in [6.45, 7) is 6.69. The zero-order valence-corrected chi connectivity index (χ0v) is 11.6. The molecule has 1 heterocycles. The monoisotopic (exact) mass is 261 g/mol. The summed E-state index contributed by atoms with van der Waals surface area (Å²) in [5.74, 6) is 0. The molecular weight excluding hydrogens is 242 g/mol. The van der Waals surface area contributed by atoms with Crippen LogP contribution in [-0.2, 0) is 9.84 Å². The van der Waals surface area contributed by atoms with E-state index < -0.39 is 9.84 Å². The van der Waals surface area contributed by atoms with Gasteiger partial charge in [0.2, 0.25) is 0 Å². The average molecular weight is 261 g/mol. The van der Waals surface area contributed by atoms with Crippen molar-refractivity contribution in [3.63, 3.8) is 0 Å². The molecule has 0 spiro atoms. The van der Waals surface area contributed by atoms with Crippen LogP contribution in [0.4, 0.5) is 0 Å². The van der Waals surface area contributed by atoms with Gasteiger partial charge in [0.1, 0.15) is 4.21 Å². The fraction of sp³-hybridized carbons (Fsp3) is 0.636. The minimum absolute atomic E-state index is 0.231. The number of hydrogen-bond acceptors (Lipinski definition) is 4. The lowest BCUT2D eigenvalue weighted by Crippen LogP contribution is -2.31. The molecule has 0 amide bonds. The van der Waals surface area contributed by atoms with E-state index in [4.69, 9.17) is 0 Å². The molecule has 0 aliphatic heterocycles. The van der Waals surface area contributed by atoms with E-state index >= 15 is 0 Å². The third kappa shape index (κ3) is 3.30. The van der Waals surface area contributed by atoms with E-state index in [1.165, 1.54) is 11.3 Å². The van der Waals surface area contributed by atoms with E-state index in [2.05, 4.69) is 5.32 Å². The molecule has 92 valence electrons. The molecule has 0 saturated heterocycles. The van der Waals surface area contributed by atoms with E-state index in [1.54, 1.807) is 24.4 Å². The maximum atomic E-state index is 12.1. The van der Waals surface area contributed by atoms with Gasteiger partial charge < -0.3 is 5.32 Å². The second kappa shape index (κ2) is 5.80. The van der Waals surface area contributed by atoms with Crippen molar-refractivity contribution >= 4 is 21.2 Å². The van der Waals surface area contributed by atoms with Crippen LogP contribution in [0.15, 0.2) is 21.7 Å². The molecule has 0 fully saturated rings. The van der Waals surface area contributed by atoms with Crippen molar-refractivity contribution in [3.05, 3.63) is 17.5 Å². The van der Waals surface area contributed by atoms with E-state index in [0.29, 0.717) is 10.6 Å². The number of thiophene rings is 1. The second-order valence-electron chi connectivity index (χ2n) is 3.98. The van der Waals surface area contributed by atoms with Gasteiger partial charge in [-0.15, -0.1) is 11.3 Å². The van der Waals surface area contributed by atoms with Crippen LogP contribution in [0.5, 0.6) is 0 Å². The summed E-state index contributed by atoms with van der Waals surface area (Å²) in [6.07, 6.45) is 0.647. The van der Waals surface area contributed by atoms with Crippen molar-refractivity contribution in [1.29, 1.82) is 0 Å². The Kier molecular flexibility index (Phi) is 4.95. The number of sulfone groups is 1. The first-order valence-electron chi connectivity index (χ1n) is 5.49. The van der Waals surface area contributed by atoms with Crippen molar-refractivity contribution in [1.82, 2.24) is 5.32 Å². The predicted molar refractivity (Wildman–Crippen MR) is 68.7 cm³/mol. The Morgan fingerprint density at radius 3 is 2.62 bits per heavy atom. The summed E-state index contributed by atoms with van der Waals surface area (Å²) in [5.41, 5.74) is 0. The van der Waals surface area contributed by atoms with Gasteiger partial charge in [-0.05, 0) is 38.3 Å². The molecule has 0 saturated carbocycles. The number of hydrogen-bond donors (Lipinski definition) is 1. The summed E-state index contributed by atoms with van der Waals surface area (Å²) >= 11 is 1.29. The number of nitrogens with one attached hydrogen (secondary N) is 1. The lowest BCUT2D eigenvalue weighted by Gasteiger charge is -2.17. The molecule has 0 aliphatic carbocycles. The van der Waals surface area contributed by atoms with Crippen LogP contribution in [0.2, 0.25) is 0 Å². The van der Waals surface area contributed by atoms with Crippen molar-refractivity contribution in [3.8, 4) is 0 Å². The highest BCUT2D eigenvalue weighted by atomic mass is 32.2. The zero-order chi connectivity index (χ0) is 12.2. The molecule has 3 nitrogen and oxygen atoms in total. The Morgan fingerprint density at radius 2 is 2.12 bits per heavy atom. The fourth-order valence-electron chi connectivity index (χ4n) is 1.68. The van der Waals surface area contributed by atoms with Gasteiger partial charge in [-0.2, -0.15) is 0 Å². The van der Waals surface area contributed by atoms with Gasteiger partial charge in [0.25, 0.3) is 0 Å². The molecule has 2 atom stereocenters. The Bertz CT molecular complexity index is 398. The molecular formula is C11H19NO2S2. The minimum atomic E-state index is -3.13. The minimum Gasteiger partial charge on any atom is -0.314 e. The molecule has 1 aromatic heterocycles. The highest BCUT2D eigenvalue weighted by molar-refractivity contribution is 7.94. The first-order valence-corrected chi connectivity index (χ1v) is 7.91. The Hall–Kier alpha value is -0.390. The van der Waals surface area contributed by atoms with E-state index in [-0.39, 0.29) is 11.3 Å². The van der Waals surface area contributed by atoms with Gasteiger partial charge in [0, 0.05) is 6.04 Å². The van der Waals surface area contributed by atoms with Crippen LogP contribution in [0.1, 0.15) is 27.2 Å². The standard InChI is InChI=1S/C11H19NO2S2/c1-4-12-9(2)8-10(3)16(13,14)11-6-5-7-15-11/h5-7,9-10,12H,4,8H2,1-3H3. The third-order valence-electron chi connectivity index (χ3n) is 2.54. The normalized spacial score (nSPS) is 15.9. The average Bonchev–Trinajstić information content (AvgIpc) is 2.70. The molecule has 2 unspecified atom stereocenters. The number of rotatable bonds is 6. The Morgan fingerprint density at radius 1 is 1.44 bits per heavy atom. The van der Waals surface area contributed by atoms with Crippen molar-refractivity contribution in [2.75, 3.05) is 6.54 Å². The first-order chi connectivity index (χ1) is 7.48. The van der Waals surface area contributed by atoms with Crippen LogP contribution < -0.4 is 5.32 Å². The quantitative estimate of drug-likeness (QED) is 0.854. The smallest absolute Gasteiger partial charge is 0.190 e. The van der Waals surface area contributed by atoms with Crippen molar-refractivity contribution in [2.24, 2.45) is 0 Å². The van der Waals surface area contributed by atoms with Gasteiger partial charge in [0.15, 0.2) is 9.84 Å². The van der Waals surface area contributed by atoms with Crippen LogP contribution in [0, 0.1) is 0 Å². The molecule has 1 rings (SSSR count). The van der Waals surface area contributed by atoms with E-state index in [9.17, 15) is 8.42 Å². The third-order valence-corrected chi connectivity index (χ3v) is 6.14. The predicted octanol–water partition coefficient (Wildman–Crippen LogP) is 2.30. The van der Waals surface area contributed by atoms with Gasteiger partial charge in [-0.25, -0.2) is 8.42 Å². The Labute approximate surface area is 102 Å². The maximum Gasteiger partial charge on any atom is 0.190 e. The van der Waals surface area contributed by atoms with Crippen molar-refractivity contribution < 1.29 is 8.42 Å². The van der Waals surface area contributed by atoms with Gasteiger partial charge in [-0.1, -0.05) is 13.0 Å². The summed E-state index contributed by atoms with van der Waals surface area (Å²) in [6, 6.07) is 3.68. The van der Waals surface area contributed by atoms with Crippen molar-refractivity contribution in [2.45, 2.75) is 42.7 Å². The van der Waals surface area contributed by atoms with E-state index in [0.717, 1.165) is 6.54 Å². The molecule has 1 aromatic rings. The zero-order valence-electron chi connectivity index (χ0n) is 9.93. The molecule has 0 radical (unpaired) electrons.